The maximum absolute atomic E-state index is 14.3. The van der Waals surface area contributed by atoms with E-state index in [1.54, 1.807) is 43.3 Å². The Morgan fingerprint density at radius 2 is 1.85 bits per heavy atom. The van der Waals surface area contributed by atoms with Crippen molar-refractivity contribution < 1.29 is 23.5 Å². The van der Waals surface area contributed by atoms with Crippen molar-refractivity contribution in [2.24, 2.45) is 5.92 Å². The minimum absolute atomic E-state index is 0.147. The molecule has 33 heavy (non-hydrogen) atoms. The van der Waals surface area contributed by atoms with Crippen LogP contribution < -0.4 is 9.47 Å². The summed E-state index contributed by atoms with van der Waals surface area (Å²) in [7, 11) is 1.53. The van der Waals surface area contributed by atoms with Crippen molar-refractivity contribution in [2.75, 3.05) is 7.11 Å². The zero-order chi connectivity index (χ0) is 23.5. The lowest BCUT2D eigenvalue weighted by Crippen LogP contribution is -2.12. The number of ether oxygens (including phenoxy) is 2. The monoisotopic (exact) mass is 446 g/mol. The maximum Gasteiger partial charge on any atom is 0.343 e. The summed E-state index contributed by atoms with van der Waals surface area (Å²) in [5.74, 6) is 0.975. The molecule has 0 amide bonds. The first-order valence-electron chi connectivity index (χ1n) is 11.1. The number of hydrogen-bond acceptors (Lipinski definition) is 4. The summed E-state index contributed by atoms with van der Waals surface area (Å²) in [6.07, 6.45) is 2.72. The molecule has 0 saturated heterocycles. The molecule has 0 heterocycles. The van der Waals surface area contributed by atoms with Gasteiger partial charge in [-0.2, -0.15) is 0 Å². The summed E-state index contributed by atoms with van der Waals surface area (Å²) < 4.78 is 25.2. The summed E-state index contributed by atoms with van der Waals surface area (Å²) in [6, 6.07) is 17.1. The molecule has 3 aromatic carbocycles. The van der Waals surface area contributed by atoms with Crippen molar-refractivity contribution in [3.8, 4) is 22.6 Å². The number of Topliss-reactive ketones (excluding diaryl/α,β-unsaturated/α-hetero) is 1. The van der Waals surface area contributed by atoms with Crippen molar-refractivity contribution in [3.05, 3.63) is 83.2 Å². The van der Waals surface area contributed by atoms with Crippen LogP contribution in [0, 0.1) is 18.7 Å². The van der Waals surface area contributed by atoms with Crippen LogP contribution >= 0.6 is 0 Å². The predicted molar refractivity (Wildman–Crippen MR) is 125 cm³/mol. The van der Waals surface area contributed by atoms with Crippen molar-refractivity contribution in [1.82, 2.24) is 0 Å². The molecule has 170 valence electrons. The molecule has 0 aliphatic heterocycles. The van der Waals surface area contributed by atoms with E-state index in [9.17, 15) is 14.0 Å². The highest BCUT2D eigenvalue weighted by molar-refractivity contribution is 5.91. The highest BCUT2D eigenvalue weighted by atomic mass is 19.1. The minimum Gasteiger partial charge on any atom is -0.497 e. The quantitative estimate of drug-likeness (QED) is 0.293. The molecule has 0 spiro atoms. The molecule has 4 rings (SSSR count). The number of halogens is 1. The van der Waals surface area contributed by atoms with E-state index < -0.39 is 5.97 Å². The fourth-order valence-corrected chi connectivity index (χ4v) is 4.20. The fraction of sp³-hybridized carbons (Fsp3) is 0.286. The van der Waals surface area contributed by atoms with E-state index in [1.807, 2.05) is 25.1 Å². The lowest BCUT2D eigenvalue weighted by Gasteiger charge is -2.16. The Morgan fingerprint density at radius 3 is 2.52 bits per heavy atom. The van der Waals surface area contributed by atoms with Crippen molar-refractivity contribution in [3.63, 3.8) is 0 Å². The van der Waals surface area contributed by atoms with E-state index in [-0.39, 0.29) is 17.5 Å². The number of methoxy groups -OCH3 is 1. The number of esters is 1. The van der Waals surface area contributed by atoms with E-state index in [0.29, 0.717) is 46.1 Å². The van der Waals surface area contributed by atoms with E-state index in [2.05, 4.69) is 0 Å². The Balaban J connectivity index is 1.54. The molecule has 5 heteroatoms. The average molecular weight is 447 g/mol. The molecule has 0 bridgehead atoms. The molecule has 1 fully saturated rings. The van der Waals surface area contributed by atoms with Crippen molar-refractivity contribution in [1.29, 1.82) is 0 Å². The Hall–Kier alpha value is -3.47. The van der Waals surface area contributed by atoms with Gasteiger partial charge in [0.05, 0.1) is 12.7 Å². The molecular formula is C28H27FO4. The SMILES string of the molecule is COc1ccc(F)c(-c2ccc(OC(=O)c3cccc([C@@H](CC(C)=O)C4CC4)c3)c(C)c2)c1. The van der Waals surface area contributed by atoms with Crippen LogP contribution in [0.1, 0.15) is 53.6 Å². The van der Waals surface area contributed by atoms with Crippen molar-refractivity contribution >= 4 is 11.8 Å². The Morgan fingerprint density at radius 1 is 1.06 bits per heavy atom. The Labute approximate surface area is 193 Å². The Kier molecular flexibility index (Phi) is 6.59. The topological polar surface area (TPSA) is 52.6 Å². The molecule has 0 aromatic heterocycles. The van der Waals surface area contributed by atoms with Gasteiger partial charge in [-0.05, 0) is 97.7 Å². The third-order valence-electron chi connectivity index (χ3n) is 6.11. The number of aryl methyl sites for hydroxylation is 1. The molecule has 4 nitrogen and oxygen atoms in total. The number of carbonyl (C=O) groups excluding carboxylic acids is 2. The molecule has 0 N–H and O–H groups in total. The van der Waals surface area contributed by atoms with Crippen LogP contribution in [0.15, 0.2) is 60.7 Å². The van der Waals surface area contributed by atoms with Crippen LogP contribution in [0.3, 0.4) is 0 Å². The minimum atomic E-state index is -0.461. The summed E-state index contributed by atoms with van der Waals surface area (Å²) in [6.45, 7) is 3.42. The zero-order valence-corrected chi connectivity index (χ0v) is 19.1. The predicted octanol–water partition coefficient (Wildman–Crippen LogP) is 6.50. The lowest BCUT2D eigenvalue weighted by atomic mass is 9.89. The smallest absolute Gasteiger partial charge is 0.343 e. The van der Waals surface area contributed by atoms with Gasteiger partial charge in [-0.25, -0.2) is 9.18 Å². The number of benzene rings is 3. The first kappa shape index (κ1) is 22.7. The van der Waals surface area contributed by atoms with Crippen LogP contribution in [-0.2, 0) is 4.79 Å². The van der Waals surface area contributed by atoms with Gasteiger partial charge in [0.1, 0.15) is 23.1 Å². The molecule has 0 unspecified atom stereocenters. The summed E-state index contributed by atoms with van der Waals surface area (Å²) in [4.78, 5) is 24.6. The third-order valence-corrected chi connectivity index (χ3v) is 6.11. The van der Waals surface area contributed by atoms with Gasteiger partial charge in [0, 0.05) is 12.0 Å². The van der Waals surface area contributed by atoms with E-state index in [4.69, 9.17) is 9.47 Å². The second kappa shape index (κ2) is 9.57. The standard InChI is InChI=1S/C28H27FO4/c1-17-13-21(25-16-23(32-3)10-11-26(25)29)9-12-27(17)33-28(31)22-6-4-5-20(15-22)24(14-18(2)30)19-7-8-19/h4-6,9-13,15-16,19,24H,7-8,14H2,1-3H3/t24-/m0/s1. The number of rotatable bonds is 8. The summed E-state index contributed by atoms with van der Waals surface area (Å²) in [5, 5.41) is 0. The van der Waals surface area contributed by atoms with E-state index >= 15 is 0 Å². The molecular weight excluding hydrogens is 419 g/mol. The van der Waals surface area contributed by atoms with Crippen LogP contribution in [0.2, 0.25) is 0 Å². The first-order chi connectivity index (χ1) is 15.9. The van der Waals surface area contributed by atoms with Crippen LogP contribution in [-0.4, -0.2) is 18.9 Å². The first-order valence-corrected chi connectivity index (χ1v) is 11.1. The fourth-order valence-electron chi connectivity index (χ4n) is 4.20. The lowest BCUT2D eigenvalue weighted by molar-refractivity contribution is -0.117. The van der Waals surface area contributed by atoms with Gasteiger partial charge in [0.2, 0.25) is 0 Å². The van der Waals surface area contributed by atoms with Gasteiger partial charge in [0.25, 0.3) is 0 Å². The third kappa shape index (κ3) is 5.30. The number of hydrogen-bond donors (Lipinski definition) is 0. The van der Waals surface area contributed by atoms with Crippen molar-refractivity contribution in [2.45, 2.75) is 39.0 Å². The highest BCUT2D eigenvalue weighted by Gasteiger charge is 2.33. The molecule has 3 aromatic rings. The van der Waals surface area contributed by atoms with Gasteiger partial charge in [-0.15, -0.1) is 0 Å². The molecule has 1 aliphatic carbocycles. The largest absolute Gasteiger partial charge is 0.497 e. The van der Waals surface area contributed by atoms with Gasteiger partial charge < -0.3 is 14.3 Å². The van der Waals surface area contributed by atoms with E-state index in [1.165, 1.54) is 13.2 Å². The summed E-state index contributed by atoms with van der Waals surface area (Å²) in [5.41, 5.74) is 3.25. The molecule has 1 atom stereocenters. The van der Waals surface area contributed by atoms with Gasteiger partial charge in [-0.1, -0.05) is 18.2 Å². The van der Waals surface area contributed by atoms with Gasteiger partial charge >= 0.3 is 5.97 Å². The average Bonchev–Trinajstić information content (AvgIpc) is 3.64. The molecule has 1 saturated carbocycles. The Bertz CT molecular complexity index is 1200. The number of carbonyl (C=O) groups is 2. The number of ketones is 1. The highest BCUT2D eigenvalue weighted by Crippen LogP contribution is 2.44. The molecule has 0 radical (unpaired) electrons. The van der Waals surface area contributed by atoms with Gasteiger partial charge in [0.15, 0.2) is 0 Å². The van der Waals surface area contributed by atoms with E-state index in [0.717, 1.165) is 18.4 Å². The van der Waals surface area contributed by atoms with Crippen LogP contribution in [0.4, 0.5) is 4.39 Å². The normalized spacial score (nSPS) is 13.9. The maximum atomic E-state index is 14.3. The van der Waals surface area contributed by atoms with Crippen LogP contribution in [0.5, 0.6) is 11.5 Å². The van der Waals surface area contributed by atoms with Crippen LogP contribution in [0.25, 0.3) is 11.1 Å². The van der Waals surface area contributed by atoms with Gasteiger partial charge in [-0.3, -0.25) is 0 Å². The summed E-state index contributed by atoms with van der Waals surface area (Å²) >= 11 is 0. The molecule has 1 aliphatic rings. The zero-order valence-electron chi connectivity index (χ0n) is 19.1. The second-order valence-electron chi connectivity index (χ2n) is 8.69. The second-order valence-corrected chi connectivity index (χ2v) is 8.69.